The zero-order valence-electron chi connectivity index (χ0n) is 11.8. The molecule has 2 rings (SSSR count). The van der Waals surface area contributed by atoms with Crippen LogP contribution in [-0.4, -0.2) is 9.78 Å². The number of ether oxygens (including phenoxy) is 1. The fourth-order valence-electron chi connectivity index (χ4n) is 1.99. The third-order valence-corrected chi connectivity index (χ3v) is 3.45. The van der Waals surface area contributed by atoms with Crippen LogP contribution in [-0.2, 0) is 12.9 Å². The first kappa shape index (κ1) is 13.9. The van der Waals surface area contributed by atoms with Gasteiger partial charge in [0.2, 0.25) is 5.88 Å². The van der Waals surface area contributed by atoms with Gasteiger partial charge in [-0.3, -0.25) is 0 Å². The van der Waals surface area contributed by atoms with Crippen molar-refractivity contribution in [3.05, 3.63) is 41.1 Å². The normalized spacial score (nSPS) is 11.1. The topological polar surface area (TPSA) is 27.1 Å². The van der Waals surface area contributed by atoms with E-state index >= 15 is 0 Å². The number of alkyl halides is 1. The quantitative estimate of drug-likeness (QED) is 0.776. The van der Waals surface area contributed by atoms with Crippen molar-refractivity contribution >= 4 is 11.6 Å². The van der Waals surface area contributed by atoms with Crippen LogP contribution in [0.15, 0.2) is 24.3 Å². The van der Waals surface area contributed by atoms with Gasteiger partial charge in [0, 0.05) is 7.05 Å². The van der Waals surface area contributed by atoms with Crippen LogP contribution in [0.25, 0.3) is 0 Å². The van der Waals surface area contributed by atoms with Gasteiger partial charge < -0.3 is 4.74 Å². The van der Waals surface area contributed by atoms with Crippen LogP contribution in [0.2, 0.25) is 0 Å². The maximum Gasteiger partial charge on any atom is 0.222 e. The van der Waals surface area contributed by atoms with Gasteiger partial charge in [-0.1, -0.05) is 26.0 Å². The van der Waals surface area contributed by atoms with E-state index in [-0.39, 0.29) is 0 Å². The van der Waals surface area contributed by atoms with Crippen LogP contribution < -0.4 is 4.74 Å². The molecule has 0 saturated heterocycles. The molecule has 0 N–H and O–H groups in total. The zero-order valence-corrected chi connectivity index (χ0v) is 12.5. The highest BCUT2D eigenvalue weighted by atomic mass is 35.5. The maximum atomic E-state index is 5.95. The average Bonchev–Trinajstić information content (AvgIpc) is 2.64. The number of rotatable bonds is 4. The second-order valence-electron chi connectivity index (χ2n) is 4.95. The maximum absolute atomic E-state index is 5.95. The van der Waals surface area contributed by atoms with E-state index in [0.717, 1.165) is 17.0 Å². The predicted molar refractivity (Wildman–Crippen MR) is 78.1 cm³/mol. The highest BCUT2D eigenvalue weighted by Gasteiger charge is 2.14. The summed E-state index contributed by atoms with van der Waals surface area (Å²) in [7, 11) is 1.86. The molecule has 0 unspecified atom stereocenters. The molecule has 0 radical (unpaired) electrons. The van der Waals surface area contributed by atoms with Crippen molar-refractivity contribution in [2.75, 3.05) is 0 Å². The highest BCUT2D eigenvalue weighted by molar-refractivity contribution is 6.17. The van der Waals surface area contributed by atoms with Crippen molar-refractivity contribution in [3.63, 3.8) is 0 Å². The Kier molecular flexibility index (Phi) is 4.15. The van der Waals surface area contributed by atoms with Crippen LogP contribution in [0.1, 0.15) is 36.6 Å². The van der Waals surface area contributed by atoms with Gasteiger partial charge in [0.05, 0.1) is 17.1 Å². The van der Waals surface area contributed by atoms with Crippen molar-refractivity contribution in [1.29, 1.82) is 0 Å². The van der Waals surface area contributed by atoms with Gasteiger partial charge in [-0.15, -0.1) is 11.6 Å². The summed E-state index contributed by atoms with van der Waals surface area (Å²) in [5, 5.41) is 4.33. The van der Waals surface area contributed by atoms with Crippen molar-refractivity contribution in [3.8, 4) is 11.6 Å². The molecule has 0 aliphatic rings. The van der Waals surface area contributed by atoms with Crippen molar-refractivity contribution in [2.24, 2.45) is 7.05 Å². The van der Waals surface area contributed by atoms with Crippen LogP contribution >= 0.6 is 11.6 Å². The summed E-state index contributed by atoms with van der Waals surface area (Å²) in [6, 6.07) is 8.14. The molecule has 3 nitrogen and oxygen atoms in total. The van der Waals surface area contributed by atoms with E-state index in [9.17, 15) is 0 Å². The molecular formula is C15H19ClN2O. The molecule has 0 fully saturated rings. The summed E-state index contributed by atoms with van der Waals surface area (Å²) < 4.78 is 7.63. The number of aryl methyl sites for hydroxylation is 2. The Morgan fingerprint density at radius 1 is 1.26 bits per heavy atom. The molecule has 1 heterocycles. The minimum atomic E-state index is 0.402. The first-order valence-electron chi connectivity index (χ1n) is 6.39. The summed E-state index contributed by atoms with van der Waals surface area (Å²) in [4.78, 5) is 0. The largest absolute Gasteiger partial charge is 0.439 e. The standard InChI is InChI=1S/C15H19ClN2O/c1-10(2)12-5-7-13(8-6-12)19-15-14(9-16)11(3)17-18(15)4/h5-8,10H,9H2,1-4H3. The van der Waals surface area contributed by atoms with E-state index in [0.29, 0.717) is 17.7 Å². The molecule has 2 aromatic rings. The van der Waals surface area contributed by atoms with E-state index < -0.39 is 0 Å². The Morgan fingerprint density at radius 3 is 2.42 bits per heavy atom. The monoisotopic (exact) mass is 278 g/mol. The molecule has 1 aromatic heterocycles. The fourth-order valence-corrected chi connectivity index (χ4v) is 2.30. The molecule has 0 atom stereocenters. The van der Waals surface area contributed by atoms with E-state index in [4.69, 9.17) is 16.3 Å². The lowest BCUT2D eigenvalue weighted by Crippen LogP contribution is -1.97. The van der Waals surface area contributed by atoms with Gasteiger partial charge >= 0.3 is 0 Å². The smallest absolute Gasteiger partial charge is 0.222 e. The van der Waals surface area contributed by atoms with Gasteiger partial charge in [0.25, 0.3) is 0 Å². The molecular weight excluding hydrogens is 260 g/mol. The Hall–Kier alpha value is -1.48. The molecule has 0 bridgehead atoms. The number of nitrogens with zero attached hydrogens (tertiary/aromatic N) is 2. The minimum absolute atomic E-state index is 0.402. The SMILES string of the molecule is Cc1nn(C)c(Oc2ccc(C(C)C)cc2)c1CCl. The van der Waals surface area contributed by atoms with Gasteiger partial charge in [-0.2, -0.15) is 5.10 Å². The Balaban J connectivity index is 2.26. The summed E-state index contributed by atoms with van der Waals surface area (Å²) in [6.07, 6.45) is 0. The second kappa shape index (κ2) is 5.66. The summed E-state index contributed by atoms with van der Waals surface area (Å²) in [5.41, 5.74) is 3.15. The molecule has 0 spiro atoms. The molecule has 0 amide bonds. The Bertz CT molecular complexity index is 558. The van der Waals surface area contributed by atoms with Gasteiger partial charge in [-0.05, 0) is 30.5 Å². The third kappa shape index (κ3) is 2.92. The van der Waals surface area contributed by atoms with Gasteiger partial charge in [-0.25, -0.2) is 4.68 Å². The van der Waals surface area contributed by atoms with Crippen molar-refractivity contribution in [2.45, 2.75) is 32.6 Å². The van der Waals surface area contributed by atoms with Crippen molar-refractivity contribution < 1.29 is 4.74 Å². The van der Waals surface area contributed by atoms with Gasteiger partial charge in [0.1, 0.15) is 5.75 Å². The summed E-state index contributed by atoms with van der Waals surface area (Å²) >= 11 is 5.95. The first-order valence-corrected chi connectivity index (χ1v) is 6.92. The number of hydrogen-bond donors (Lipinski definition) is 0. The molecule has 0 aliphatic heterocycles. The van der Waals surface area contributed by atoms with Crippen LogP contribution in [0.4, 0.5) is 0 Å². The molecule has 1 aromatic carbocycles. The van der Waals surface area contributed by atoms with Crippen molar-refractivity contribution in [1.82, 2.24) is 9.78 Å². The van der Waals surface area contributed by atoms with E-state index in [1.807, 2.05) is 26.1 Å². The van der Waals surface area contributed by atoms with E-state index in [1.165, 1.54) is 5.56 Å². The van der Waals surface area contributed by atoms with E-state index in [2.05, 4.69) is 31.1 Å². The lowest BCUT2D eigenvalue weighted by atomic mass is 10.0. The fraction of sp³-hybridized carbons (Fsp3) is 0.400. The molecule has 0 saturated carbocycles. The number of benzene rings is 1. The number of halogens is 1. The third-order valence-electron chi connectivity index (χ3n) is 3.18. The zero-order chi connectivity index (χ0) is 14.0. The van der Waals surface area contributed by atoms with Crippen LogP contribution in [0.3, 0.4) is 0 Å². The molecule has 0 aliphatic carbocycles. The molecule has 4 heteroatoms. The van der Waals surface area contributed by atoms with E-state index in [1.54, 1.807) is 4.68 Å². The second-order valence-corrected chi connectivity index (χ2v) is 5.22. The summed E-state index contributed by atoms with van der Waals surface area (Å²) in [6.45, 7) is 6.28. The minimum Gasteiger partial charge on any atom is -0.439 e. The first-order chi connectivity index (χ1) is 9.02. The predicted octanol–water partition coefficient (Wildman–Crippen LogP) is 4.38. The highest BCUT2D eigenvalue weighted by Crippen LogP contribution is 2.29. The molecule has 19 heavy (non-hydrogen) atoms. The Labute approximate surface area is 119 Å². The Morgan fingerprint density at radius 2 is 1.89 bits per heavy atom. The van der Waals surface area contributed by atoms with Gasteiger partial charge in [0.15, 0.2) is 0 Å². The number of hydrogen-bond acceptors (Lipinski definition) is 2. The molecule has 102 valence electrons. The summed E-state index contributed by atoms with van der Waals surface area (Å²) in [5.74, 6) is 2.44. The average molecular weight is 279 g/mol. The lowest BCUT2D eigenvalue weighted by molar-refractivity contribution is 0.427. The van der Waals surface area contributed by atoms with Crippen LogP contribution in [0, 0.1) is 6.92 Å². The number of aromatic nitrogens is 2. The van der Waals surface area contributed by atoms with Crippen LogP contribution in [0.5, 0.6) is 11.6 Å². The lowest BCUT2D eigenvalue weighted by Gasteiger charge is -2.09.